The molecule has 2 N–H and O–H groups in total. The second kappa shape index (κ2) is 4.99. The van der Waals surface area contributed by atoms with Gasteiger partial charge in [0.25, 0.3) is 20.2 Å². The van der Waals surface area contributed by atoms with Gasteiger partial charge in [-0.3, -0.25) is 9.11 Å². The first-order valence-corrected chi connectivity index (χ1v) is 8.23. The highest BCUT2D eigenvalue weighted by atomic mass is 32.2. The van der Waals surface area contributed by atoms with Crippen molar-refractivity contribution >= 4 is 20.2 Å². The Hall–Kier alpha value is -0.320. The van der Waals surface area contributed by atoms with Gasteiger partial charge in [-0.25, -0.2) is 8.78 Å². The second-order valence-electron chi connectivity index (χ2n) is 4.46. The molecule has 0 heterocycles. The molecule has 2 atom stereocenters. The van der Waals surface area contributed by atoms with E-state index in [4.69, 9.17) is 9.11 Å². The lowest BCUT2D eigenvalue weighted by atomic mass is 9.75. The quantitative estimate of drug-likeness (QED) is 0.758. The zero-order valence-corrected chi connectivity index (χ0v) is 10.9. The fourth-order valence-electron chi connectivity index (χ4n) is 2.36. The Morgan fingerprint density at radius 2 is 1.17 bits per heavy atom. The van der Waals surface area contributed by atoms with Crippen LogP contribution in [0.25, 0.3) is 0 Å². The zero-order valence-electron chi connectivity index (χ0n) is 9.29. The maximum atomic E-state index is 13.8. The molecule has 0 saturated heterocycles. The van der Waals surface area contributed by atoms with Crippen LogP contribution in [0.5, 0.6) is 0 Å². The molecule has 1 rings (SSSR count). The van der Waals surface area contributed by atoms with Gasteiger partial charge < -0.3 is 0 Å². The molecule has 10 heteroatoms. The van der Waals surface area contributed by atoms with E-state index in [0.29, 0.717) is 6.42 Å². The molecule has 1 aliphatic carbocycles. The lowest BCUT2D eigenvalue weighted by Crippen LogP contribution is -2.49. The summed E-state index contributed by atoms with van der Waals surface area (Å²) in [4.78, 5) is 0. The van der Waals surface area contributed by atoms with Crippen LogP contribution in [0.2, 0.25) is 0 Å². The van der Waals surface area contributed by atoms with Gasteiger partial charge in [0.2, 0.25) is 11.0 Å². The molecule has 0 aromatic heterocycles. The van der Waals surface area contributed by atoms with E-state index >= 15 is 0 Å². The molecule has 6 nitrogen and oxygen atoms in total. The maximum Gasteiger partial charge on any atom is 0.298 e. The summed E-state index contributed by atoms with van der Waals surface area (Å²) in [6, 6.07) is 0. The van der Waals surface area contributed by atoms with E-state index in [1.807, 2.05) is 0 Å². The predicted molar refractivity (Wildman–Crippen MR) is 58.4 cm³/mol. The van der Waals surface area contributed by atoms with E-state index in [0.717, 1.165) is 0 Å². The van der Waals surface area contributed by atoms with Crippen LogP contribution in [0.3, 0.4) is 0 Å². The molecular formula is C8H14F2O6S2. The first-order valence-electron chi connectivity index (χ1n) is 5.22. The van der Waals surface area contributed by atoms with Gasteiger partial charge in [0.15, 0.2) is 0 Å². The molecule has 0 aromatic carbocycles. The summed E-state index contributed by atoms with van der Waals surface area (Å²) >= 11 is 0. The Bertz CT molecular complexity index is 454. The van der Waals surface area contributed by atoms with Crippen molar-refractivity contribution in [3.8, 4) is 0 Å². The fraction of sp³-hybridized carbons (Fsp3) is 1.00. The molecule has 1 aliphatic rings. The van der Waals surface area contributed by atoms with Crippen molar-refractivity contribution in [2.45, 2.75) is 43.1 Å². The topological polar surface area (TPSA) is 109 Å². The molecule has 0 amide bonds. The van der Waals surface area contributed by atoms with Gasteiger partial charge in [-0.1, -0.05) is 19.3 Å². The third-order valence-corrected chi connectivity index (χ3v) is 5.20. The monoisotopic (exact) mass is 308 g/mol. The largest absolute Gasteiger partial charge is 0.298 e. The molecular weight excluding hydrogens is 294 g/mol. The van der Waals surface area contributed by atoms with Crippen molar-refractivity contribution in [2.24, 2.45) is 5.41 Å². The SMILES string of the molecule is O=S(=O)(O)C(F)C1(C(F)S(=O)(=O)O)CCCCC1. The van der Waals surface area contributed by atoms with Gasteiger partial charge in [0, 0.05) is 0 Å². The maximum absolute atomic E-state index is 13.8. The minimum atomic E-state index is -5.25. The van der Waals surface area contributed by atoms with Crippen molar-refractivity contribution in [3.63, 3.8) is 0 Å². The standard InChI is InChI=1S/C8H14F2O6S2/c9-6(17(11,12)13)8(4-2-1-3-5-8)7(10)18(14,15)16/h6-7H,1-5H2,(H,11,12,13)(H,14,15,16). The van der Waals surface area contributed by atoms with Crippen molar-refractivity contribution in [2.75, 3.05) is 0 Å². The van der Waals surface area contributed by atoms with Crippen LogP contribution in [-0.2, 0) is 20.2 Å². The lowest BCUT2D eigenvalue weighted by Gasteiger charge is -2.39. The summed E-state index contributed by atoms with van der Waals surface area (Å²) in [7, 11) is -10.5. The molecule has 0 radical (unpaired) electrons. The summed E-state index contributed by atoms with van der Waals surface area (Å²) in [5.41, 5.74) is -8.61. The highest BCUT2D eigenvalue weighted by molar-refractivity contribution is 7.87. The summed E-state index contributed by atoms with van der Waals surface area (Å²) in [5, 5.41) is 0. The van der Waals surface area contributed by atoms with Crippen LogP contribution in [0.4, 0.5) is 8.78 Å². The molecule has 0 bridgehead atoms. The predicted octanol–water partition coefficient (Wildman–Crippen LogP) is 1.30. The Labute approximate surface area is 104 Å². The van der Waals surface area contributed by atoms with Crippen LogP contribution in [0.15, 0.2) is 0 Å². The van der Waals surface area contributed by atoms with E-state index in [2.05, 4.69) is 0 Å². The summed E-state index contributed by atoms with van der Waals surface area (Å²) in [6.07, 6.45) is 0.236. The Kier molecular flexibility index (Phi) is 4.36. The molecule has 0 spiro atoms. The highest BCUT2D eigenvalue weighted by Crippen LogP contribution is 2.47. The Morgan fingerprint density at radius 3 is 1.44 bits per heavy atom. The van der Waals surface area contributed by atoms with E-state index < -0.39 is 36.7 Å². The molecule has 108 valence electrons. The number of hydrogen-bond donors (Lipinski definition) is 2. The zero-order chi connectivity index (χ0) is 14.2. The number of halogens is 2. The second-order valence-corrected chi connectivity index (χ2v) is 7.34. The van der Waals surface area contributed by atoms with Gasteiger partial charge >= 0.3 is 0 Å². The third kappa shape index (κ3) is 2.98. The van der Waals surface area contributed by atoms with Gasteiger partial charge in [0.1, 0.15) is 0 Å². The van der Waals surface area contributed by atoms with Crippen LogP contribution < -0.4 is 0 Å². The summed E-state index contributed by atoms with van der Waals surface area (Å²) in [6.45, 7) is 0. The first kappa shape index (κ1) is 15.7. The normalized spacial score (nSPS) is 24.4. The third-order valence-electron chi connectivity index (χ3n) is 3.21. The molecule has 0 aromatic rings. The van der Waals surface area contributed by atoms with Gasteiger partial charge in [-0.05, 0) is 12.8 Å². The molecule has 0 aliphatic heterocycles. The van der Waals surface area contributed by atoms with Crippen molar-refractivity contribution in [3.05, 3.63) is 0 Å². The smallest absolute Gasteiger partial charge is 0.283 e. The van der Waals surface area contributed by atoms with E-state index in [9.17, 15) is 25.6 Å². The van der Waals surface area contributed by atoms with E-state index in [1.165, 1.54) is 0 Å². The Morgan fingerprint density at radius 1 is 0.833 bits per heavy atom. The molecule has 18 heavy (non-hydrogen) atoms. The fourth-order valence-corrected chi connectivity index (χ4v) is 4.34. The summed E-state index contributed by atoms with van der Waals surface area (Å²) < 4.78 is 88.1. The Balaban J connectivity index is 3.27. The molecule has 2 unspecified atom stereocenters. The van der Waals surface area contributed by atoms with Crippen LogP contribution >= 0.6 is 0 Å². The summed E-state index contributed by atoms with van der Waals surface area (Å²) in [5.74, 6) is 0. The van der Waals surface area contributed by atoms with Gasteiger partial charge in [-0.2, -0.15) is 16.8 Å². The highest BCUT2D eigenvalue weighted by Gasteiger charge is 2.57. The van der Waals surface area contributed by atoms with E-state index in [1.54, 1.807) is 0 Å². The van der Waals surface area contributed by atoms with Crippen LogP contribution in [0, 0.1) is 5.41 Å². The number of hydrogen-bond acceptors (Lipinski definition) is 4. The van der Waals surface area contributed by atoms with Crippen LogP contribution in [0.1, 0.15) is 32.1 Å². The van der Waals surface area contributed by atoms with Gasteiger partial charge in [0.05, 0.1) is 5.41 Å². The van der Waals surface area contributed by atoms with Gasteiger partial charge in [-0.15, -0.1) is 0 Å². The average Bonchev–Trinajstić information content (AvgIpc) is 2.25. The number of alkyl halides is 2. The average molecular weight is 308 g/mol. The molecule has 1 saturated carbocycles. The minimum Gasteiger partial charge on any atom is -0.283 e. The van der Waals surface area contributed by atoms with E-state index in [-0.39, 0.29) is 25.7 Å². The minimum absolute atomic E-state index is 0.214. The first-order chi connectivity index (χ1) is 8.02. The van der Waals surface area contributed by atoms with Crippen molar-refractivity contribution < 1.29 is 34.7 Å². The molecule has 1 fully saturated rings. The number of rotatable bonds is 4. The van der Waals surface area contributed by atoms with Crippen molar-refractivity contribution in [1.82, 2.24) is 0 Å². The lowest BCUT2D eigenvalue weighted by molar-refractivity contribution is 0.0464. The van der Waals surface area contributed by atoms with Crippen LogP contribution in [-0.4, -0.2) is 36.9 Å². The van der Waals surface area contributed by atoms with Crippen molar-refractivity contribution in [1.29, 1.82) is 0 Å².